The van der Waals surface area contributed by atoms with E-state index >= 15 is 0 Å². The fourth-order valence-corrected chi connectivity index (χ4v) is 2.02. The molecule has 0 bridgehead atoms. The van der Waals surface area contributed by atoms with Gasteiger partial charge in [0.1, 0.15) is 5.75 Å². The largest absolute Gasteiger partial charge is 0.494 e. The first-order chi connectivity index (χ1) is 9.11. The number of hydrogen-bond acceptors (Lipinski definition) is 3. The van der Waals surface area contributed by atoms with Crippen molar-refractivity contribution in [3.05, 3.63) is 57.8 Å². The molecule has 2 rings (SSSR count). The van der Waals surface area contributed by atoms with E-state index in [1.807, 2.05) is 0 Å². The van der Waals surface area contributed by atoms with E-state index in [9.17, 15) is 4.79 Å². The minimum absolute atomic E-state index is 0.0577. The number of pyridine rings is 1. The summed E-state index contributed by atoms with van der Waals surface area (Å²) in [4.78, 5) is 16.1. The summed E-state index contributed by atoms with van der Waals surface area (Å²) in [6.07, 6.45) is 3.31. The zero-order chi connectivity index (χ0) is 13.8. The van der Waals surface area contributed by atoms with Gasteiger partial charge in [-0.1, -0.05) is 29.3 Å². The highest BCUT2D eigenvalue weighted by atomic mass is 35.5. The molecule has 0 fully saturated rings. The maximum atomic E-state index is 12.2. The second kappa shape index (κ2) is 6.04. The van der Waals surface area contributed by atoms with Crippen molar-refractivity contribution in [2.24, 2.45) is 0 Å². The van der Waals surface area contributed by atoms with Gasteiger partial charge in [-0.3, -0.25) is 9.78 Å². The van der Waals surface area contributed by atoms with Crippen molar-refractivity contribution in [2.75, 3.05) is 7.11 Å². The Hall–Kier alpha value is -1.58. The van der Waals surface area contributed by atoms with Crippen LogP contribution in [0.25, 0.3) is 0 Å². The highest BCUT2D eigenvalue weighted by Gasteiger charge is 2.13. The number of ketones is 1. The zero-order valence-electron chi connectivity index (χ0n) is 10.2. The lowest BCUT2D eigenvalue weighted by Crippen LogP contribution is -2.06. The van der Waals surface area contributed by atoms with Crippen molar-refractivity contribution < 1.29 is 9.53 Å². The molecule has 0 aliphatic heterocycles. The van der Waals surface area contributed by atoms with Gasteiger partial charge in [0, 0.05) is 12.6 Å². The summed E-state index contributed by atoms with van der Waals surface area (Å²) in [5.41, 5.74) is 1.31. The predicted molar refractivity (Wildman–Crippen MR) is 75.3 cm³/mol. The topological polar surface area (TPSA) is 39.2 Å². The number of carbonyl (C=O) groups is 1. The molecule has 2 aromatic rings. The Morgan fingerprint density at radius 3 is 2.74 bits per heavy atom. The number of hydrogen-bond donors (Lipinski definition) is 0. The summed E-state index contributed by atoms with van der Waals surface area (Å²) in [7, 11) is 1.51. The molecule has 0 aliphatic carbocycles. The number of ether oxygens (including phenoxy) is 1. The van der Waals surface area contributed by atoms with Crippen LogP contribution in [0.15, 0.2) is 36.7 Å². The van der Waals surface area contributed by atoms with E-state index in [1.165, 1.54) is 13.3 Å². The molecule has 0 saturated heterocycles. The molecule has 0 spiro atoms. The van der Waals surface area contributed by atoms with E-state index in [4.69, 9.17) is 27.9 Å². The summed E-state index contributed by atoms with van der Waals surface area (Å²) in [5.74, 6) is 0.408. The van der Waals surface area contributed by atoms with Gasteiger partial charge in [-0.05, 0) is 23.8 Å². The lowest BCUT2D eigenvalue weighted by molar-refractivity contribution is 0.0990. The minimum atomic E-state index is -0.0577. The number of Topliss-reactive ketones (excluding diaryl/α,β-unsaturated/α-hetero) is 1. The molecule has 0 saturated carbocycles. The fourth-order valence-electron chi connectivity index (χ4n) is 1.70. The molecule has 0 aliphatic rings. The van der Waals surface area contributed by atoms with Crippen molar-refractivity contribution >= 4 is 29.0 Å². The molecule has 5 heteroatoms. The Morgan fingerprint density at radius 1 is 1.26 bits per heavy atom. The Balaban J connectivity index is 2.23. The maximum Gasteiger partial charge on any atom is 0.171 e. The third kappa shape index (κ3) is 3.25. The maximum absolute atomic E-state index is 12.2. The van der Waals surface area contributed by atoms with Gasteiger partial charge in [0.05, 0.1) is 28.9 Å². The van der Waals surface area contributed by atoms with Crippen molar-refractivity contribution in [1.82, 2.24) is 4.98 Å². The first-order valence-corrected chi connectivity index (χ1v) is 6.32. The first kappa shape index (κ1) is 13.8. The van der Waals surface area contributed by atoms with Gasteiger partial charge < -0.3 is 4.74 Å². The molecule has 0 N–H and O–H groups in total. The van der Waals surface area contributed by atoms with Crippen molar-refractivity contribution in [2.45, 2.75) is 6.42 Å². The summed E-state index contributed by atoms with van der Waals surface area (Å²) in [5, 5.41) is 0.910. The van der Waals surface area contributed by atoms with Crippen LogP contribution in [0.1, 0.15) is 15.9 Å². The number of carbonyl (C=O) groups excluding carboxylic acids is 1. The first-order valence-electron chi connectivity index (χ1n) is 5.57. The quantitative estimate of drug-likeness (QED) is 0.805. The second-order valence-corrected chi connectivity index (χ2v) is 4.74. The highest BCUT2D eigenvalue weighted by molar-refractivity contribution is 6.42. The zero-order valence-corrected chi connectivity index (χ0v) is 11.7. The Morgan fingerprint density at radius 2 is 2.05 bits per heavy atom. The monoisotopic (exact) mass is 295 g/mol. The predicted octanol–water partition coefficient (Wildman–Crippen LogP) is 3.82. The van der Waals surface area contributed by atoms with Crippen LogP contribution < -0.4 is 4.74 Å². The molecular formula is C14H11Cl2NO2. The Kier molecular flexibility index (Phi) is 4.40. The molecule has 0 unspecified atom stereocenters. The number of aromatic nitrogens is 1. The normalized spacial score (nSPS) is 10.3. The molecule has 98 valence electrons. The molecule has 19 heavy (non-hydrogen) atoms. The smallest absolute Gasteiger partial charge is 0.171 e. The Labute approximate surface area is 121 Å². The van der Waals surface area contributed by atoms with Gasteiger partial charge in [-0.25, -0.2) is 0 Å². The van der Waals surface area contributed by atoms with E-state index in [0.717, 1.165) is 5.56 Å². The van der Waals surface area contributed by atoms with Gasteiger partial charge in [-0.15, -0.1) is 0 Å². The number of halogens is 2. The van der Waals surface area contributed by atoms with Crippen LogP contribution in [0.5, 0.6) is 5.75 Å². The number of benzene rings is 1. The van der Waals surface area contributed by atoms with Crippen molar-refractivity contribution in [3.63, 3.8) is 0 Å². The van der Waals surface area contributed by atoms with Crippen LogP contribution >= 0.6 is 23.2 Å². The molecule has 0 amide bonds. The summed E-state index contributed by atoms with van der Waals surface area (Å²) in [6, 6.07) is 6.78. The SMILES string of the molecule is COc1cnccc1C(=O)Cc1ccc(Cl)c(Cl)c1. The average molecular weight is 296 g/mol. The third-order valence-corrected chi connectivity index (χ3v) is 3.39. The van der Waals surface area contributed by atoms with Crippen LogP contribution in [0, 0.1) is 0 Å². The molecule has 1 heterocycles. The van der Waals surface area contributed by atoms with Crippen LogP contribution in [0.3, 0.4) is 0 Å². The van der Waals surface area contributed by atoms with Crippen LogP contribution in [-0.4, -0.2) is 17.9 Å². The second-order valence-electron chi connectivity index (χ2n) is 3.92. The van der Waals surface area contributed by atoms with Crippen molar-refractivity contribution in [3.8, 4) is 5.75 Å². The minimum Gasteiger partial charge on any atom is -0.494 e. The van der Waals surface area contributed by atoms with Gasteiger partial charge >= 0.3 is 0 Å². The molecule has 1 aromatic carbocycles. The van der Waals surface area contributed by atoms with E-state index in [2.05, 4.69) is 4.98 Å². The van der Waals surface area contributed by atoms with E-state index in [-0.39, 0.29) is 12.2 Å². The third-order valence-electron chi connectivity index (χ3n) is 2.65. The van der Waals surface area contributed by atoms with Crippen LogP contribution in [-0.2, 0) is 6.42 Å². The Bertz CT molecular complexity index is 614. The summed E-state index contributed by atoms with van der Waals surface area (Å²) in [6.45, 7) is 0. The molecule has 1 aromatic heterocycles. The van der Waals surface area contributed by atoms with E-state index < -0.39 is 0 Å². The van der Waals surface area contributed by atoms with Crippen LogP contribution in [0.2, 0.25) is 10.0 Å². The molecule has 3 nitrogen and oxygen atoms in total. The van der Waals surface area contributed by atoms with Gasteiger partial charge in [-0.2, -0.15) is 0 Å². The number of methoxy groups -OCH3 is 1. The van der Waals surface area contributed by atoms with Gasteiger partial charge in [0.2, 0.25) is 0 Å². The number of rotatable bonds is 4. The lowest BCUT2D eigenvalue weighted by Gasteiger charge is -2.07. The average Bonchev–Trinajstić information content (AvgIpc) is 2.43. The lowest BCUT2D eigenvalue weighted by atomic mass is 10.0. The summed E-state index contributed by atoms with van der Waals surface area (Å²) < 4.78 is 5.12. The fraction of sp³-hybridized carbons (Fsp3) is 0.143. The van der Waals surface area contributed by atoms with Gasteiger partial charge in [0.25, 0.3) is 0 Å². The molecule has 0 atom stereocenters. The number of nitrogens with zero attached hydrogens (tertiary/aromatic N) is 1. The standard InChI is InChI=1S/C14H11Cl2NO2/c1-19-14-8-17-5-4-10(14)13(18)7-9-2-3-11(15)12(16)6-9/h2-6,8H,7H2,1H3. The van der Waals surface area contributed by atoms with Gasteiger partial charge in [0.15, 0.2) is 5.78 Å². The summed E-state index contributed by atoms with van der Waals surface area (Å²) >= 11 is 11.8. The highest BCUT2D eigenvalue weighted by Crippen LogP contribution is 2.24. The molecule has 0 radical (unpaired) electrons. The van der Waals surface area contributed by atoms with E-state index in [0.29, 0.717) is 21.4 Å². The van der Waals surface area contributed by atoms with E-state index in [1.54, 1.807) is 30.5 Å². The molecular weight excluding hydrogens is 285 g/mol. The van der Waals surface area contributed by atoms with Crippen LogP contribution in [0.4, 0.5) is 0 Å². The van der Waals surface area contributed by atoms with Crippen molar-refractivity contribution in [1.29, 1.82) is 0 Å².